The summed E-state index contributed by atoms with van der Waals surface area (Å²) in [4.78, 5) is 0. The topological polar surface area (TPSA) is 0 Å². The molecule has 0 N–H and O–H groups in total. The standard InChI is InChI=1S/C9H18B.3CH3.Pb/c1-5-9(6-2)10(7-3)8-4;;;;/h5,7-8H2,1-4H3;3*1H3;. The maximum atomic E-state index is 2.54. The number of hydrogen-bond donors (Lipinski definition) is 0. The van der Waals surface area contributed by atoms with Gasteiger partial charge in [-0.25, -0.2) is 0 Å². The molecular weight excluding hydrogens is 362 g/mol. The Morgan fingerprint density at radius 3 is 1.64 bits per heavy atom. The Labute approximate surface area is 96.3 Å². The third-order valence-corrected chi connectivity index (χ3v) is 13.5. The fourth-order valence-corrected chi connectivity index (χ4v) is 7.35. The zero-order valence-electron chi connectivity index (χ0n) is 11.2. The van der Waals surface area contributed by atoms with Crippen molar-refractivity contribution >= 4 is 27.9 Å². The molecule has 0 rings (SSSR count). The third-order valence-electron chi connectivity index (χ3n) is 3.47. The SMILES string of the molecule is CCB(CC)/C(CC)=[C](/C)[Pb]([CH3])([CH3])[CH3]. The first-order valence-electron chi connectivity index (χ1n) is 6.08. The predicted molar refractivity (Wildman–Crippen MR) is 73.1 cm³/mol. The summed E-state index contributed by atoms with van der Waals surface area (Å²) in [5, 5.41) is 0. The van der Waals surface area contributed by atoms with Gasteiger partial charge in [0.1, 0.15) is 0 Å². The van der Waals surface area contributed by atoms with Crippen LogP contribution in [-0.4, -0.2) is 27.9 Å². The predicted octanol–water partition coefficient (Wildman–Crippen LogP) is 4.66. The molecule has 0 nitrogen and oxygen atoms in total. The third kappa shape index (κ3) is 4.07. The van der Waals surface area contributed by atoms with Gasteiger partial charge in [-0.2, -0.15) is 0 Å². The number of allylic oxidation sites excluding steroid dienone is 2. The Morgan fingerprint density at radius 1 is 1.00 bits per heavy atom. The van der Waals surface area contributed by atoms with Gasteiger partial charge in [-0.05, 0) is 0 Å². The van der Waals surface area contributed by atoms with Crippen molar-refractivity contribution in [2.24, 2.45) is 0 Å². The van der Waals surface area contributed by atoms with Crippen LogP contribution in [0, 0.1) is 0 Å². The first-order chi connectivity index (χ1) is 6.38. The molecule has 0 radical (unpaired) electrons. The normalized spacial score (nSPS) is 13.9. The molecular formula is C12H27BPb. The van der Waals surface area contributed by atoms with Gasteiger partial charge in [-0.3, -0.25) is 0 Å². The van der Waals surface area contributed by atoms with Crippen LogP contribution in [-0.2, 0) is 0 Å². The zero-order chi connectivity index (χ0) is 11.4. The molecule has 0 aromatic carbocycles. The molecule has 0 unspecified atom stereocenters. The van der Waals surface area contributed by atoms with E-state index < -0.39 is 21.2 Å². The molecule has 0 heterocycles. The van der Waals surface area contributed by atoms with Crippen LogP contribution in [0.1, 0.15) is 34.1 Å². The van der Waals surface area contributed by atoms with Gasteiger partial charge in [0.15, 0.2) is 0 Å². The fourth-order valence-electron chi connectivity index (χ4n) is 2.12. The average molecular weight is 389 g/mol. The van der Waals surface area contributed by atoms with E-state index in [-0.39, 0.29) is 0 Å². The Morgan fingerprint density at radius 2 is 1.43 bits per heavy atom. The van der Waals surface area contributed by atoms with Gasteiger partial charge in [0.05, 0.1) is 0 Å². The molecule has 2 heteroatoms. The van der Waals surface area contributed by atoms with Crippen LogP contribution in [0.4, 0.5) is 0 Å². The van der Waals surface area contributed by atoms with Crippen molar-refractivity contribution in [3.8, 4) is 0 Å². The molecule has 0 aromatic rings. The van der Waals surface area contributed by atoms with Crippen LogP contribution in [0.25, 0.3) is 0 Å². The van der Waals surface area contributed by atoms with Crippen molar-refractivity contribution in [1.82, 2.24) is 0 Å². The van der Waals surface area contributed by atoms with E-state index in [1.165, 1.54) is 19.1 Å². The van der Waals surface area contributed by atoms with E-state index in [2.05, 4.69) is 41.1 Å². The first kappa shape index (κ1) is 14.7. The minimum atomic E-state index is -1.90. The molecule has 0 fully saturated rings. The Kier molecular flexibility index (Phi) is 6.67. The van der Waals surface area contributed by atoms with Crippen LogP contribution in [0.2, 0.25) is 26.1 Å². The molecule has 0 aromatic heterocycles. The number of rotatable bonds is 5. The molecule has 0 saturated carbocycles. The van der Waals surface area contributed by atoms with Gasteiger partial charge in [-0.15, -0.1) is 0 Å². The molecule has 14 heavy (non-hydrogen) atoms. The van der Waals surface area contributed by atoms with Crippen molar-refractivity contribution in [3.63, 3.8) is 0 Å². The molecule has 0 aliphatic carbocycles. The second kappa shape index (κ2) is 6.34. The first-order valence-corrected chi connectivity index (χ1v) is 19.7. The number of hydrogen-bond acceptors (Lipinski definition) is 0. The van der Waals surface area contributed by atoms with Crippen molar-refractivity contribution in [1.29, 1.82) is 0 Å². The second-order valence-electron chi connectivity index (χ2n) is 5.27. The van der Waals surface area contributed by atoms with Crippen molar-refractivity contribution in [3.05, 3.63) is 8.60 Å². The molecule has 82 valence electrons. The van der Waals surface area contributed by atoms with E-state index in [0.29, 0.717) is 0 Å². The summed E-state index contributed by atoms with van der Waals surface area (Å²) >= 11 is -1.90. The minimum absolute atomic E-state index is 0.860. The van der Waals surface area contributed by atoms with E-state index in [1.54, 1.807) is 5.47 Å². The summed E-state index contributed by atoms with van der Waals surface area (Å²) in [6.45, 7) is 10.3. The summed E-state index contributed by atoms with van der Waals surface area (Å²) in [6, 6.07) is 0. The monoisotopic (exact) mass is 390 g/mol. The molecule has 0 saturated heterocycles. The van der Waals surface area contributed by atoms with Crippen LogP contribution in [0.3, 0.4) is 0 Å². The maximum absolute atomic E-state index is 2.54. The van der Waals surface area contributed by atoms with Gasteiger partial charge >= 0.3 is 96.7 Å². The van der Waals surface area contributed by atoms with Gasteiger partial charge in [0.2, 0.25) is 0 Å². The summed E-state index contributed by atoms with van der Waals surface area (Å²) in [6.07, 6.45) is 3.91. The van der Waals surface area contributed by atoms with Gasteiger partial charge < -0.3 is 0 Å². The summed E-state index contributed by atoms with van der Waals surface area (Å²) in [5.41, 5.74) is 1.80. The van der Waals surface area contributed by atoms with E-state index in [1.807, 2.05) is 3.13 Å². The van der Waals surface area contributed by atoms with Crippen LogP contribution >= 0.6 is 0 Å². The molecule has 0 atom stereocenters. The zero-order valence-corrected chi connectivity index (χ0v) is 15.1. The van der Waals surface area contributed by atoms with Gasteiger partial charge in [0, 0.05) is 0 Å². The fraction of sp³-hybridized carbons (Fsp3) is 0.833. The Bertz CT molecular complexity index is 197. The van der Waals surface area contributed by atoms with Crippen LogP contribution < -0.4 is 0 Å². The van der Waals surface area contributed by atoms with E-state index in [0.717, 1.165) is 6.71 Å². The quantitative estimate of drug-likeness (QED) is 0.600. The van der Waals surface area contributed by atoms with Gasteiger partial charge in [-0.1, -0.05) is 0 Å². The molecule has 0 bridgehead atoms. The molecule has 0 spiro atoms. The Hall–Kier alpha value is 0.727. The molecule has 0 aliphatic rings. The summed E-state index contributed by atoms with van der Waals surface area (Å²) in [7, 11) is 0. The van der Waals surface area contributed by atoms with Crippen LogP contribution in [0.5, 0.6) is 0 Å². The van der Waals surface area contributed by atoms with E-state index >= 15 is 0 Å². The van der Waals surface area contributed by atoms with Crippen LogP contribution in [0.15, 0.2) is 8.60 Å². The second-order valence-corrected chi connectivity index (χ2v) is 25.7. The van der Waals surface area contributed by atoms with E-state index in [9.17, 15) is 0 Å². The average Bonchev–Trinajstić information content (AvgIpc) is 2.11. The van der Waals surface area contributed by atoms with Crippen molar-refractivity contribution in [2.75, 3.05) is 0 Å². The molecule has 0 amide bonds. The van der Waals surface area contributed by atoms with Gasteiger partial charge in [0.25, 0.3) is 0 Å². The van der Waals surface area contributed by atoms with Crippen molar-refractivity contribution in [2.45, 2.75) is 60.2 Å². The molecule has 0 aliphatic heterocycles. The van der Waals surface area contributed by atoms with Crippen molar-refractivity contribution < 1.29 is 0 Å². The Balaban J connectivity index is 5.01. The summed E-state index contributed by atoms with van der Waals surface area (Å²) < 4.78 is 9.45. The summed E-state index contributed by atoms with van der Waals surface area (Å²) in [5.74, 6) is 0. The van der Waals surface area contributed by atoms with E-state index in [4.69, 9.17) is 0 Å².